The molecule has 0 saturated carbocycles. The summed E-state index contributed by atoms with van der Waals surface area (Å²) in [7, 11) is 3.77. The van der Waals surface area contributed by atoms with Crippen LogP contribution >= 0.6 is 7.29 Å². The lowest BCUT2D eigenvalue weighted by Crippen LogP contribution is -2.33. The van der Waals surface area contributed by atoms with Crippen molar-refractivity contribution in [2.45, 2.75) is 0 Å². The van der Waals surface area contributed by atoms with Crippen molar-refractivity contribution in [3.8, 4) is 0 Å². The van der Waals surface area contributed by atoms with Crippen molar-refractivity contribution in [1.29, 1.82) is 0 Å². The van der Waals surface area contributed by atoms with E-state index >= 15 is 0 Å². The predicted octanol–water partition coefficient (Wildman–Crippen LogP) is 1.23. The van der Waals surface area contributed by atoms with Gasteiger partial charge >= 0.3 is 6.89 Å². The van der Waals surface area contributed by atoms with E-state index in [1.54, 1.807) is 6.89 Å². The van der Waals surface area contributed by atoms with E-state index in [2.05, 4.69) is 0 Å². The van der Waals surface area contributed by atoms with Crippen molar-refractivity contribution in [1.82, 2.24) is 0 Å². The largest absolute Gasteiger partial charge is 0.321 e. The first kappa shape index (κ1) is 11.4. The van der Waals surface area contributed by atoms with Crippen LogP contribution in [0.15, 0.2) is 60.7 Å². The molecule has 0 aromatic heterocycles. The Morgan fingerprint density at radius 3 is 1.50 bits per heavy atom. The molecule has 75 valence electrons. The van der Waals surface area contributed by atoms with Crippen LogP contribution in [-0.2, 0) is 0 Å². The Bertz CT molecular complexity index is 408. The van der Waals surface area contributed by atoms with Crippen molar-refractivity contribution < 1.29 is 0 Å². The van der Waals surface area contributed by atoms with E-state index in [1.807, 2.05) is 60.7 Å². The van der Waals surface area contributed by atoms with Crippen LogP contribution in [0.1, 0.15) is 0 Å². The van der Waals surface area contributed by atoms with Crippen LogP contribution in [-0.4, -0.2) is 14.6 Å². The Morgan fingerprint density at radius 2 is 1.19 bits per heavy atom. The fraction of sp³-hybridized carbons (Fsp3) is 0. The minimum absolute atomic E-state index is 1.10. The van der Waals surface area contributed by atoms with Crippen molar-refractivity contribution in [3.63, 3.8) is 0 Å². The van der Waals surface area contributed by atoms with Gasteiger partial charge in [-0.3, -0.25) is 0 Å². The number of rotatable bonds is 3. The standard InChI is InChI=1S/C12H12B2NP/c13-14-16(15,11-7-3-1-4-8-11)12-9-5-2-6-10-12/h1-10H,15H2/q+1. The van der Waals surface area contributed by atoms with E-state index in [0.717, 1.165) is 10.6 Å². The second kappa shape index (κ2) is 4.86. The smallest absolute Gasteiger partial charge is 0.212 e. The SMILES string of the molecule is [B][B][P+](N)(c1ccccc1)c1ccccc1. The zero-order chi connectivity index (χ0) is 11.4. The summed E-state index contributed by atoms with van der Waals surface area (Å²) in [5.74, 6) is 0. The van der Waals surface area contributed by atoms with Gasteiger partial charge < -0.3 is 0 Å². The molecule has 3 radical (unpaired) electrons. The van der Waals surface area contributed by atoms with Crippen molar-refractivity contribution in [2.75, 3.05) is 0 Å². The quantitative estimate of drug-likeness (QED) is 0.614. The zero-order valence-corrected chi connectivity index (χ0v) is 9.85. The maximum absolute atomic E-state index is 6.47. The third kappa shape index (κ3) is 2.07. The minimum Gasteiger partial charge on any atom is -0.212 e. The molecule has 0 unspecified atom stereocenters. The monoisotopic (exact) mass is 223 g/mol. The lowest BCUT2D eigenvalue weighted by atomic mass is 9.79. The van der Waals surface area contributed by atoms with Crippen LogP contribution in [0.3, 0.4) is 0 Å². The normalized spacial score (nSPS) is 11.1. The second-order valence-electron chi connectivity index (χ2n) is 3.60. The Morgan fingerprint density at radius 1 is 0.812 bits per heavy atom. The van der Waals surface area contributed by atoms with E-state index in [1.165, 1.54) is 0 Å². The molecule has 0 spiro atoms. The lowest BCUT2D eigenvalue weighted by Gasteiger charge is -2.20. The summed E-state index contributed by atoms with van der Waals surface area (Å²) in [6.45, 7) is 1.65. The molecular formula is C12H12B2NP+. The van der Waals surface area contributed by atoms with Crippen LogP contribution in [0.4, 0.5) is 0 Å². The summed E-state index contributed by atoms with van der Waals surface area (Å²) in [5, 5.41) is 2.20. The topological polar surface area (TPSA) is 26.0 Å². The van der Waals surface area contributed by atoms with Crippen LogP contribution < -0.4 is 16.1 Å². The Hall–Kier alpha value is -1.04. The molecule has 0 aliphatic rings. The summed E-state index contributed by atoms with van der Waals surface area (Å²) in [5.41, 5.74) is 6.47. The zero-order valence-electron chi connectivity index (χ0n) is 8.95. The average molecular weight is 223 g/mol. The minimum atomic E-state index is -2.00. The predicted molar refractivity (Wildman–Crippen MR) is 74.8 cm³/mol. The van der Waals surface area contributed by atoms with E-state index in [9.17, 15) is 0 Å². The maximum atomic E-state index is 6.47. The van der Waals surface area contributed by atoms with E-state index in [-0.39, 0.29) is 0 Å². The summed E-state index contributed by atoms with van der Waals surface area (Å²) in [4.78, 5) is 0. The van der Waals surface area contributed by atoms with Crippen molar-refractivity contribution in [3.05, 3.63) is 60.7 Å². The van der Waals surface area contributed by atoms with Gasteiger partial charge in [-0.05, 0) is 24.3 Å². The summed E-state index contributed by atoms with van der Waals surface area (Å²) in [6, 6.07) is 20.0. The highest BCUT2D eigenvalue weighted by atomic mass is 31.2. The van der Waals surface area contributed by atoms with Crippen LogP contribution in [0.25, 0.3) is 0 Å². The molecule has 0 heterocycles. The highest BCUT2D eigenvalue weighted by molar-refractivity contribution is 8.13. The van der Waals surface area contributed by atoms with Crippen LogP contribution in [0, 0.1) is 0 Å². The fourth-order valence-corrected chi connectivity index (χ4v) is 3.64. The molecular weight excluding hydrogens is 211 g/mol. The molecule has 1 nitrogen and oxygen atoms in total. The van der Waals surface area contributed by atoms with Crippen molar-refractivity contribution >= 4 is 32.5 Å². The average Bonchev–Trinajstić information content (AvgIpc) is 2.40. The van der Waals surface area contributed by atoms with Gasteiger partial charge in [-0.2, -0.15) is 0 Å². The van der Waals surface area contributed by atoms with E-state index in [0.29, 0.717) is 0 Å². The van der Waals surface area contributed by atoms with Gasteiger partial charge in [0.05, 0.1) is 25.6 Å². The molecule has 2 aromatic rings. The summed E-state index contributed by atoms with van der Waals surface area (Å²) in [6.07, 6.45) is 0. The van der Waals surface area contributed by atoms with Gasteiger partial charge in [0.15, 0.2) is 0 Å². The third-order valence-corrected chi connectivity index (χ3v) is 5.38. The Labute approximate surface area is 99.0 Å². The number of hydrogen-bond donors (Lipinski definition) is 1. The summed E-state index contributed by atoms with van der Waals surface area (Å²) >= 11 is 0. The van der Waals surface area contributed by atoms with Gasteiger partial charge in [-0.25, -0.2) is 5.50 Å². The second-order valence-corrected chi connectivity index (χ2v) is 6.48. The molecule has 0 atom stereocenters. The molecule has 0 bridgehead atoms. The Balaban J connectivity index is 2.49. The van der Waals surface area contributed by atoms with Gasteiger partial charge in [0, 0.05) is 0 Å². The van der Waals surface area contributed by atoms with Gasteiger partial charge in [0.25, 0.3) is 0 Å². The number of benzene rings is 2. The van der Waals surface area contributed by atoms with Gasteiger partial charge in [-0.1, -0.05) is 36.4 Å². The first-order valence-corrected chi connectivity index (χ1v) is 7.05. The molecule has 4 heteroatoms. The lowest BCUT2D eigenvalue weighted by molar-refractivity contribution is 1.72. The molecule has 0 aliphatic heterocycles. The highest BCUT2D eigenvalue weighted by Gasteiger charge is 2.36. The van der Waals surface area contributed by atoms with Gasteiger partial charge in [-0.15, -0.1) is 0 Å². The van der Waals surface area contributed by atoms with Gasteiger partial charge in [0.2, 0.25) is 0 Å². The molecule has 16 heavy (non-hydrogen) atoms. The highest BCUT2D eigenvalue weighted by Crippen LogP contribution is 2.44. The molecule has 0 saturated heterocycles. The molecule has 2 rings (SSSR count). The summed E-state index contributed by atoms with van der Waals surface area (Å²) < 4.78 is 0. The maximum Gasteiger partial charge on any atom is 0.321 e. The third-order valence-electron chi connectivity index (χ3n) is 2.60. The first-order valence-electron chi connectivity index (χ1n) is 5.12. The molecule has 0 fully saturated rings. The fourth-order valence-electron chi connectivity index (χ4n) is 1.67. The Kier molecular flexibility index (Phi) is 3.48. The number of hydrogen-bond acceptors (Lipinski definition) is 1. The van der Waals surface area contributed by atoms with E-state index < -0.39 is 7.29 Å². The van der Waals surface area contributed by atoms with Crippen LogP contribution in [0.2, 0.25) is 0 Å². The van der Waals surface area contributed by atoms with Gasteiger partial charge in [0.1, 0.15) is 0 Å². The molecule has 2 N–H and O–H groups in total. The molecule has 2 aromatic carbocycles. The molecule has 0 amide bonds. The van der Waals surface area contributed by atoms with E-state index in [4.69, 9.17) is 13.2 Å². The number of nitrogens with two attached hydrogens (primary N) is 1. The molecule has 0 aliphatic carbocycles. The first-order chi connectivity index (χ1) is 7.77. The van der Waals surface area contributed by atoms with Crippen molar-refractivity contribution in [2.24, 2.45) is 5.50 Å². The van der Waals surface area contributed by atoms with Crippen LogP contribution in [0.5, 0.6) is 0 Å².